The topological polar surface area (TPSA) is 251 Å². The maximum absolute atomic E-state index is 12.9. The number of nitrogens with two attached hydrogens (primary N) is 2. The highest BCUT2D eigenvalue weighted by Gasteiger charge is 2.31. The van der Waals surface area contributed by atoms with Crippen LogP contribution in [0.25, 0.3) is 0 Å². The number of unbranched alkanes of at least 4 members (excludes halogenated alkanes) is 1. The van der Waals surface area contributed by atoms with Gasteiger partial charge in [-0.1, -0.05) is 6.42 Å². The number of rotatable bonds is 19. The van der Waals surface area contributed by atoms with E-state index in [9.17, 15) is 28.8 Å². The van der Waals surface area contributed by atoms with Crippen molar-refractivity contribution < 1.29 is 44.1 Å². The Morgan fingerprint density at radius 1 is 0.771 bits per heavy atom. The molecule has 4 unspecified atom stereocenters. The fraction of sp³-hybridized carbons (Fsp3) is 0.700. The Hall–Kier alpha value is -2.91. The molecule has 0 bridgehead atoms. The molecule has 14 nitrogen and oxygen atoms in total. The van der Waals surface area contributed by atoms with Crippen molar-refractivity contribution in [2.24, 2.45) is 11.5 Å². The molecule has 0 saturated carbocycles. The number of carboxylic acids is 3. The Kier molecular flexibility index (Phi) is 16.1. The van der Waals surface area contributed by atoms with Crippen LogP contribution in [0.3, 0.4) is 0 Å². The largest absolute Gasteiger partial charge is 0.481 e. The van der Waals surface area contributed by atoms with E-state index >= 15 is 0 Å². The van der Waals surface area contributed by atoms with Gasteiger partial charge in [0, 0.05) is 6.42 Å². The molecule has 4 atom stereocenters. The quantitative estimate of drug-likeness (QED) is 0.0865. The van der Waals surface area contributed by atoms with Crippen molar-refractivity contribution >= 4 is 47.4 Å². The van der Waals surface area contributed by atoms with Crippen LogP contribution in [0.5, 0.6) is 0 Å². The van der Waals surface area contributed by atoms with Gasteiger partial charge in [0.1, 0.15) is 18.1 Å². The van der Waals surface area contributed by atoms with Crippen LogP contribution in [-0.2, 0) is 28.8 Å². The predicted octanol–water partition coefficient (Wildman–Crippen LogP) is -1.93. The number of carbonyl (C=O) groups is 6. The third-order valence-electron chi connectivity index (χ3n) is 4.82. The van der Waals surface area contributed by atoms with Gasteiger partial charge in [0.05, 0.1) is 12.5 Å². The molecule has 0 saturated heterocycles. The van der Waals surface area contributed by atoms with Crippen molar-refractivity contribution in [3.8, 4) is 0 Å². The Balaban J connectivity index is 5.47. The van der Waals surface area contributed by atoms with Gasteiger partial charge in [-0.15, -0.1) is 0 Å². The minimum atomic E-state index is -1.72. The van der Waals surface area contributed by atoms with E-state index in [0.29, 0.717) is 31.6 Å². The number of nitrogens with one attached hydrogen (secondary N) is 3. The summed E-state index contributed by atoms with van der Waals surface area (Å²) in [6, 6.07) is -5.25. The fourth-order valence-corrected chi connectivity index (χ4v) is 3.35. The number of hydrogen-bond acceptors (Lipinski definition) is 9. The summed E-state index contributed by atoms with van der Waals surface area (Å²) < 4.78 is 0. The summed E-state index contributed by atoms with van der Waals surface area (Å²) in [5, 5.41) is 33.9. The third-order valence-corrected chi connectivity index (χ3v) is 5.47. The van der Waals surface area contributed by atoms with Crippen molar-refractivity contribution in [3.05, 3.63) is 0 Å². The molecule has 35 heavy (non-hydrogen) atoms. The van der Waals surface area contributed by atoms with E-state index in [1.165, 1.54) is 11.8 Å². The number of carboxylic acid groups (broad SMARTS) is 3. The maximum Gasteiger partial charge on any atom is 0.326 e. The summed E-state index contributed by atoms with van der Waals surface area (Å²) in [7, 11) is 0. The van der Waals surface area contributed by atoms with Gasteiger partial charge in [0.15, 0.2) is 0 Å². The van der Waals surface area contributed by atoms with E-state index in [-0.39, 0.29) is 12.8 Å². The van der Waals surface area contributed by atoms with E-state index in [0.717, 1.165) is 0 Å². The van der Waals surface area contributed by atoms with E-state index in [2.05, 4.69) is 16.0 Å². The molecule has 0 aliphatic heterocycles. The molecule has 0 rings (SSSR count). The summed E-state index contributed by atoms with van der Waals surface area (Å²) in [6.07, 6.45) is 1.72. The Morgan fingerprint density at radius 2 is 1.31 bits per heavy atom. The van der Waals surface area contributed by atoms with Gasteiger partial charge < -0.3 is 42.7 Å². The normalized spacial score (nSPS) is 14.1. The minimum absolute atomic E-state index is 0.0658. The highest BCUT2D eigenvalue weighted by molar-refractivity contribution is 7.98. The predicted molar refractivity (Wildman–Crippen MR) is 126 cm³/mol. The van der Waals surface area contributed by atoms with E-state index < -0.39 is 72.6 Å². The van der Waals surface area contributed by atoms with Crippen LogP contribution >= 0.6 is 11.8 Å². The molecule has 200 valence electrons. The van der Waals surface area contributed by atoms with Crippen molar-refractivity contribution in [2.45, 2.75) is 69.1 Å². The average Bonchev–Trinajstić information content (AvgIpc) is 2.77. The Morgan fingerprint density at radius 3 is 1.80 bits per heavy atom. The molecular formula is C20H35N5O9S. The van der Waals surface area contributed by atoms with E-state index in [4.69, 9.17) is 26.8 Å². The SMILES string of the molecule is CSCCC(NC(=O)C(CCC(=O)O)NC(=O)C(N)CCCCN)C(=O)NC(CC(=O)O)C(=O)O. The second-order valence-electron chi connectivity index (χ2n) is 7.72. The van der Waals surface area contributed by atoms with Gasteiger partial charge in [-0.25, -0.2) is 4.79 Å². The first-order valence-electron chi connectivity index (χ1n) is 10.9. The van der Waals surface area contributed by atoms with Gasteiger partial charge in [0.2, 0.25) is 17.7 Å². The van der Waals surface area contributed by atoms with E-state index in [1.807, 2.05) is 0 Å². The van der Waals surface area contributed by atoms with Gasteiger partial charge in [-0.3, -0.25) is 24.0 Å². The molecule has 0 radical (unpaired) electrons. The summed E-state index contributed by atoms with van der Waals surface area (Å²) in [5.41, 5.74) is 11.2. The van der Waals surface area contributed by atoms with Crippen LogP contribution in [0, 0.1) is 0 Å². The molecule has 10 N–H and O–H groups in total. The Bertz CT molecular complexity index is 752. The minimum Gasteiger partial charge on any atom is -0.481 e. The van der Waals surface area contributed by atoms with Crippen LogP contribution in [0.4, 0.5) is 0 Å². The second-order valence-corrected chi connectivity index (χ2v) is 8.71. The highest BCUT2D eigenvalue weighted by Crippen LogP contribution is 2.07. The smallest absolute Gasteiger partial charge is 0.326 e. The molecule has 0 heterocycles. The van der Waals surface area contributed by atoms with Gasteiger partial charge in [-0.05, 0) is 44.2 Å². The zero-order valence-corrected chi connectivity index (χ0v) is 20.3. The highest BCUT2D eigenvalue weighted by atomic mass is 32.2. The number of thioether (sulfide) groups is 1. The first-order chi connectivity index (χ1) is 16.4. The number of hydrogen-bond donors (Lipinski definition) is 8. The van der Waals surface area contributed by atoms with Crippen molar-refractivity contribution in [1.29, 1.82) is 0 Å². The fourth-order valence-electron chi connectivity index (χ4n) is 2.88. The van der Waals surface area contributed by atoms with Crippen LogP contribution in [0.15, 0.2) is 0 Å². The van der Waals surface area contributed by atoms with Crippen molar-refractivity contribution in [2.75, 3.05) is 18.6 Å². The summed E-state index contributed by atoms with van der Waals surface area (Å²) in [6.45, 7) is 0.423. The number of amides is 3. The van der Waals surface area contributed by atoms with Gasteiger partial charge >= 0.3 is 17.9 Å². The lowest BCUT2D eigenvalue weighted by Crippen LogP contribution is -2.57. The molecule has 0 spiro atoms. The van der Waals surface area contributed by atoms with Gasteiger partial charge in [0.25, 0.3) is 0 Å². The van der Waals surface area contributed by atoms with Crippen molar-refractivity contribution in [1.82, 2.24) is 16.0 Å². The first-order valence-corrected chi connectivity index (χ1v) is 12.3. The summed E-state index contributed by atoms with van der Waals surface area (Å²) in [4.78, 5) is 71.1. The summed E-state index contributed by atoms with van der Waals surface area (Å²) >= 11 is 1.34. The van der Waals surface area contributed by atoms with Crippen LogP contribution in [0.2, 0.25) is 0 Å². The van der Waals surface area contributed by atoms with Crippen LogP contribution in [-0.4, -0.2) is 93.7 Å². The molecule has 0 aromatic rings. The molecular weight excluding hydrogens is 486 g/mol. The zero-order chi connectivity index (χ0) is 27.0. The third kappa shape index (κ3) is 14.2. The monoisotopic (exact) mass is 521 g/mol. The number of aliphatic carboxylic acids is 3. The molecule has 3 amide bonds. The molecule has 0 aliphatic rings. The van der Waals surface area contributed by atoms with Crippen LogP contribution in [0.1, 0.15) is 44.9 Å². The second kappa shape index (κ2) is 17.5. The lowest BCUT2D eigenvalue weighted by atomic mass is 10.1. The van der Waals surface area contributed by atoms with Crippen molar-refractivity contribution in [3.63, 3.8) is 0 Å². The average molecular weight is 522 g/mol. The van der Waals surface area contributed by atoms with E-state index in [1.54, 1.807) is 6.26 Å². The number of carbonyl (C=O) groups excluding carboxylic acids is 3. The molecule has 0 aliphatic carbocycles. The lowest BCUT2D eigenvalue weighted by molar-refractivity contribution is -0.147. The lowest BCUT2D eigenvalue weighted by Gasteiger charge is -2.25. The van der Waals surface area contributed by atoms with Crippen LogP contribution < -0.4 is 27.4 Å². The zero-order valence-electron chi connectivity index (χ0n) is 19.5. The summed E-state index contributed by atoms with van der Waals surface area (Å²) in [5.74, 6) is -6.30. The standard InChI is InChI=1S/C20H35N5O9S/c1-35-9-7-13(19(32)25-14(20(33)34)10-16(28)29)24-18(31)12(5-6-15(26)27)23-17(30)11(22)4-2-3-8-21/h11-14H,2-10,21-22H2,1H3,(H,23,30)(H,24,31)(H,25,32)(H,26,27)(H,28,29)(H,33,34). The van der Waals surface area contributed by atoms with Gasteiger partial charge in [-0.2, -0.15) is 11.8 Å². The molecule has 0 aromatic carbocycles. The molecule has 0 aromatic heterocycles. The Labute approximate surface area is 206 Å². The molecule has 0 fully saturated rings. The maximum atomic E-state index is 12.9. The molecule has 15 heteroatoms. The first kappa shape index (κ1) is 32.1.